The summed E-state index contributed by atoms with van der Waals surface area (Å²) in [5, 5.41) is 0. The molecule has 94 valence electrons. The van der Waals surface area contributed by atoms with Crippen molar-refractivity contribution >= 4 is 27.5 Å². The average molecular weight is 330 g/mol. The van der Waals surface area contributed by atoms with Gasteiger partial charge in [-0.3, -0.25) is 0 Å². The summed E-state index contributed by atoms with van der Waals surface area (Å²) in [6.07, 6.45) is 0. The van der Waals surface area contributed by atoms with Crippen molar-refractivity contribution in [2.45, 2.75) is 12.5 Å². The average Bonchev–Trinajstić information content (AvgIpc) is 2.41. The molecule has 2 aromatic carbocycles. The van der Waals surface area contributed by atoms with Crippen LogP contribution in [0.3, 0.4) is 0 Å². The fourth-order valence-corrected chi connectivity index (χ4v) is 2.05. The molecule has 0 saturated heterocycles. The van der Waals surface area contributed by atoms with Crippen LogP contribution in [-0.2, 0) is 12.5 Å². The third-order valence-electron chi connectivity index (χ3n) is 2.50. The molecule has 0 N–H and O–H groups in total. The maximum absolute atomic E-state index is 13.3. The zero-order valence-electron chi connectivity index (χ0n) is 9.50. The van der Waals surface area contributed by atoms with Crippen LogP contribution in [0.4, 0.5) is 4.39 Å². The Morgan fingerprint density at radius 1 is 1.11 bits per heavy atom. The van der Waals surface area contributed by atoms with E-state index in [1.807, 2.05) is 30.3 Å². The van der Waals surface area contributed by atoms with Crippen molar-refractivity contribution in [2.75, 3.05) is 0 Å². The normalized spacial score (nSPS) is 10.4. The second kappa shape index (κ2) is 6.21. The molecule has 0 heterocycles. The third kappa shape index (κ3) is 3.24. The molecule has 4 heteroatoms. The molecular formula is C14H11BrClFO. The van der Waals surface area contributed by atoms with Gasteiger partial charge in [0.25, 0.3) is 0 Å². The molecule has 2 aromatic rings. The smallest absolute Gasteiger partial charge is 0.137 e. The number of rotatable bonds is 4. The molecule has 0 aromatic heterocycles. The monoisotopic (exact) mass is 328 g/mol. The van der Waals surface area contributed by atoms with Gasteiger partial charge in [0.1, 0.15) is 18.2 Å². The highest BCUT2D eigenvalue weighted by atomic mass is 79.9. The van der Waals surface area contributed by atoms with Gasteiger partial charge < -0.3 is 4.74 Å². The van der Waals surface area contributed by atoms with Crippen molar-refractivity contribution in [3.8, 4) is 5.75 Å². The van der Waals surface area contributed by atoms with Crippen LogP contribution in [0.5, 0.6) is 5.75 Å². The fourth-order valence-electron chi connectivity index (χ4n) is 1.50. The molecule has 0 spiro atoms. The summed E-state index contributed by atoms with van der Waals surface area (Å²) >= 11 is 8.91. The number of hydrogen-bond acceptors (Lipinski definition) is 1. The van der Waals surface area contributed by atoms with E-state index in [0.29, 0.717) is 17.0 Å². The lowest BCUT2D eigenvalue weighted by atomic mass is 10.2. The molecule has 0 fully saturated rings. The lowest BCUT2D eigenvalue weighted by molar-refractivity contribution is 0.304. The van der Waals surface area contributed by atoms with Crippen LogP contribution in [-0.4, -0.2) is 0 Å². The minimum Gasteiger partial charge on any atom is -0.489 e. The predicted octanol–water partition coefficient (Wildman–Crippen LogP) is 4.91. The van der Waals surface area contributed by atoms with Gasteiger partial charge in [0, 0.05) is 11.4 Å². The molecule has 0 aliphatic heterocycles. The molecule has 0 unspecified atom stereocenters. The van der Waals surface area contributed by atoms with Gasteiger partial charge in [0.15, 0.2) is 0 Å². The van der Waals surface area contributed by atoms with Crippen LogP contribution in [0.2, 0.25) is 0 Å². The first-order chi connectivity index (χ1) is 8.70. The zero-order chi connectivity index (χ0) is 13.0. The Hall–Kier alpha value is -1.06. The van der Waals surface area contributed by atoms with E-state index < -0.39 is 0 Å². The van der Waals surface area contributed by atoms with Crippen molar-refractivity contribution in [3.05, 3.63) is 63.9 Å². The van der Waals surface area contributed by atoms with E-state index in [0.717, 1.165) is 16.9 Å². The summed E-state index contributed by atoms with van der Waals surface area (Å²) in [6.45, 7) is 0.318. The van der Waals surface area contributed by atoms with E-state index in [1.165, 1.54) is 6.07 Å². The van der Waals surface area contributed by atoms with Crippen molar-refractivity contribution in [2.24, 2.45) is 0 Å². The van der Waals surface area contributed by atoms with E-state index in [2.05, 4.69) is 15.9 Å². The number of benzene rings is 2. The van der Waals surface area contributed by atoms with Gasteiger partial charge >= 0.3 is 0 Å². The van der Waals surface area contributed by atoms with E-state index in [4.69, 9.17) is 16.3 Å². The van der Waals surface area contributed by atoms with Crippen molar-refractivity contribution in [3.63, 3.8) is 0 Å². The molecule has 0 aliphatic carbocycles. The van der Waals surface area contributed by atoms with Gasteiger partial charge in [-0.2, -0.15) is 0 Å². The number of halogens is 3. The van der Waals surface area contributed by atoms with Gasteiger partial charge in [-0.25, -0.2) is 4.39 Å². The summed E-state index contributed by atoms with van der Waals surface area (Å²) in [5.41, 5.74) is 1.81. The number of hydrogen-bond donors (Lipinski definition) is 0. The lowest BCUT2D eigenvalue weighted by Gasteiger charge is -2.08. The minimum absolute atomic E-state index is 0.284. The molecule has 0 atom stereocenters. The fraction of sp³-hybridized carbons (Fsp3) is 0.143. The largest absolute Gasteiger partial charge is 0.489 e. The second-order valence-electron chi connectivity index (χ2n) is 3.78. The summed E-state index contributed by atoms with van der Waals surface area (Å²) in [7, 11) is 0. The molecule has 18 heavy (non-hydrogen) atoms. The Morgan fingerprint density at radius 3 is 2.50 bits per heavy atom. The highest BCUT2D eigenvalue weighted by molar-refractivity contribution is 9.10. The number of ether oxygens (including phenoxy) is 1. The summed E-state index contributed by atoms with van der Waals surface area (Å²) in [5.74, 6) is 0.934. The first kappa shape index (κ1) is 13.4. The van der Waals surface area contributed by atoms with Crippen LogP contribution in [0, 0.1) is 5.82 Å². The van der Waals surface area contributed by atoms with Crippen LogP contribution >= 0.6 is 27.5 Å². The van der Waals surface area contributed by atoms with Gasteiger partial charge in [-0.1, -0.05) is 24.3 Å². The lowest BCUT2D eigenvalue weighted by Crippen LogP contribution is -1.97. The standard InChI is InChI=1S/C14H11BrClFO/c15-14-11(2-1-3-13(14)17)9-18-12-6-4-10(8-16)5-7-12/h1-7H,8-9H2. The second-order valence-corrected chi connectivity index (χ2v) is 4.84. The Labute approximate surface area is 119 Å². The van der Waals surface area contributed by atoms with E-state index >= 15 is 0 Å². The molecule has 0 amide bonds. The molecule has 0 bridgehead atoms. The maximum atomic E-state index is 13.3. The van der Waals surface area contributed by atoms with Gasteiger partial charge in [-0.05, 0) is 39.7 Å². The zero-order valence-corrected chi connectivity index (χ0v) is 11.8. The molecule has 0 radical (unpaired) electrons. The molecular weight excluding hydrogens is 319 g/mol. The summed E-state index contributed by atoms with van der Waals surface area (Å²) < 4.78 is 19.3. The van der Waals surface area contributed by atoms with E-state index in [1.54, 1.807) is 6.07 Å². The first-order valence-electron chi connectivity index (χ1n) is 5.41. The quantitative estimate of drug-likeness (QED) is 0.725. The summed E-state index contributed by atoms with van der Waals surface area (Å²) in [4.78, 5) is 0. The highest BCUT2D eigenvalue weighted by Crippen LogP contribution is 2.22. The maximum Gasteiger partial charge on any atom is 0.137 e. The molecule has 2 rings (SSSR count). The van der Waals surface area contributed by atoms with Gasteiger partial charge in [0.05, 0.1) is 4.47 Å². The molecule has 1 nitrogen and oxygen atoms in total. The first-order valence-corrected chi connectivity index (χ1v) is 6.74. The summed E-state index contributed by atoms with van der Waals surface area (Å²) in [6, 6.07) is 12.4. The van der Waals surface area contributed by atoms with Crippen LogP contribution < -0.4 is 4.74 Å². The van der Waals surface area contributed by atoms with Gasteiger partial charge in [-0.15, -0.1) is 11.6 Å². The van der Waals surface area contributed by atoms with Crippen LogP contribution in [0.15, 0.2) is 46.9 Å². The Morgan fingerprint density at radius 2 is 1.83 bits per heavy atom. The SMILES string of the molecule is Fc1cccc(COc2ccc(CCl)cc2)c1Br. The van der Waals surface area contributed by atoms with Crippen molar-refractivity contribution < 1.29 is 9.13 Å². The predicted molar refractivity (Wildman–Crippen MR) is 74.4 cm³/mol. The van der Waals surface area contributed by atoms with Crippen molar-refractivity contribution in [1.82, 2.24) is 0 Å². The molecule has 0 saturated carbocycles. The van der Waals surface area contributed by atoms with Crippen molar-refractivity contribution in [1.29, 1.82) is 0 Å². The number of alkyl halides is 1. The van der Waals surface area contributed by atoms with Gasteiger partial charge in [0.2, 0.25) is 0 Å². The Bertz CT molecular complexity index is 528. The molecule has 0 aliphatic rings. The topological polar surface area (TPSA) is 9.23 Å². The van der Waals surface area contributed by atoms with E-state index in [9.17, 15) is 4.39 Å². The minimum atomic E-state index is -0.284. The Kier molecular flexibility index (Phi) is 4.61. The van der Waals surface area contributed by atoms with Crippen LogP contribution in [0.1, 0.15) is 11.1 Å². The Balaban J connectivity index is 2.04. The highest BCUT2D eigenvalue weighted by Gasteiger charge is 2.05. The van der Waals surface area contributed by atoms with Crippen LogP contribution in [0.25, 0.3) is 0 Å². The van der Waals surface area contributed by atoms with E-state index in [-0.39, 0.29) is 5.82 Å². The third-order valence-corrected chi connectivity index (χ3v) is 3.70.